The van der Waals surface area contributed by atoms with Crippen molar-refractivity contribution in [1.82, 2.24) is 15.1 Å². The van der Waals surface area contributed by atoms with Crippen LogP contribution in [-0.4, -0.2) is 40.9 Å². The number of piperidine rings is 1. The number of ether oxygens (including phenoxy) is 1. The van der Waals surface area contributed by atoms with E-state index in [1.165, 1.54) is 31.0 Å². The van der Waals surface area contributed by atoms with E-state index >= 15 is 0 Å². The molecule has 0 amide bonds. The Morgan fingerprint density at radius 3 is 2.96 bits per heavy atom. The maximum absolute atomic E-state index is 11.2. The van der Waals surface area contributed by atoms with Gasteiger partial charge in [-0.2, -0.15) is 5.10 Å². The summed E-state index contributed by atoms with van der Waals surface area (Å²) < 4.78 is 8.18. The van der Waals surface area contributed by atoms with Crippen molar-refractivity contribution in [2.45, 2.75) is 37.6 Å². The van der Waals surface area contributed by atoms with Crippen molar-refractivity contribution in [3.8, 4) is 11.5 Å². The Morgan fingerprint density at radius 1 is 1.31 bits per heavy atom. The van der Waals surface area contributed by atoms with E-state index in [1.807, 2.05) is 6.20 Å². The van der Waals surface area contributed by atoms with Crippen molar-refractivity contribution in [3.63, 3.8) is 0 Å². The lowest BCUT2D eigenvalue weighted by atomic mass is 9.83. The van der Waals surface area contributed by atoms with Crippen molar-refractivity contribution in [2.24, 2.45) is 5.92 Å². The summed E-state index contributed by atoms with van der Waals surface area (Å²) in [6, 6.07) is 7.60. The molecule has 6 nitrogen and oxygen atoms in total. The Kier molecular flexibility index (Phi) is 4.93. The van der Waals surface area contributed by atoms with Gasteiger partial charge in [0.15, 0.2) is 6.29 Å². The summed E-state index contributed by atoms with van der Waals surface area (Å²) in [6.07, 6.45) is 7.27. The molecule has 2 aliphatic rings. The number of aldehydes is 1. The van der Waals surface area contributed by atoms with Crippen LogP contribution < -0.4 is 10.1 Å². The molecule has 2 aromatic rings. The second-order valence-corrected chi connectivity index (χ2v) is 7.26. The highest BCUT2D eigenvalue weighted by molar-refractivity contribution is 5.83. The fraction of sp³-hybridized carbons (Fsp3) is 0.500. The van der Waals surface area contributed by atoms with Crippen LogP contribution in [0.3, 0.4) is 0 Å². The van der Waals surface area contributed by atoms with Crippen molar-refractivity contribution >= 4 is 6.29 Å². The predicted octanol–water partition coefficient (Wildman–Crippen LogP) is 2.90. The maximum atomic E-state index is 11.2. The Balaban J connectivity index is 1.51. The predicted molar refractivity (Wildman–Crippen MR) is 97.8 cm³/mol. The number of hydrogen-bond donors (Lipinski definition) is 2. The molecule has 0 spiro atoms. The van der Waals surface area contributed by atoms with Gasteiger partial charge in [-0.1, -0.05) is 6.07 Å². The lowest BCUT2D eigenvalue weighted by Crippen LogP contribution is -2.39. The van der Waals surface area contributed by atoms with Gasteiger partial charge in [0.1, 0.15) is 11.5 Å². The average molecular weight is 355 g/mol. The molecule has 2 unspecified atom stereocenters. The van der Waals surface area contributed by atoms with E-state index in [1.54, 1.807) is 12.1 Å². The van der Waals surface area contributed by atoms with Gasteiger partial charge in [-0.15, -0.1) is 0 Å². The summed E-state index contributed by atoms with van der Waals surface area (Å²) in [4.78, 5) is 11.2. The van der Waals surface area contributed by atoms with E-state index < -0.39 is 0 Å². The molecular formula is C20H25N3O3. The number of rotatable bonds is 6. The van der Waals surface area contributed by atoms with Crippen LogP contribution in [-0.2, 0) is 0 Å². The second kappa shape index (κ2) is 7.50. The Labute approximate surface area is 153 Å². The molecule has 4 rings (SSSR count). The molecule has 138 valence electrons. The number of carbonyl (C=O) groups excluding carboxylic acids is 1. The Bertz CT molecular complexity index is 769. The standard InChI is InChI=1S/C20H25N3O3/c24-12-17-19(25)5-2-6-20(17)26-13-14-7-9-21-11-16(14)18-8-10-22-23(18)15-3-1-4-15/h2,5-6,8,10,12,14-16,21,25H,1,3-4,7,9,11,13H2. The molecule has 6 heteroatoms. The Hall–Kier alpha value is -2.34. The molecule has 0 bridgehead atoms. The first-order chi connectivity index (χ1) is 12.8. The number of nitrogens with one attached hydrogen (secondary N) is 1. The highest BCUT2D eigenvalue weighted by atomic mass is 16.5. The zero-order valence-electron chi connectivity index (χ0n) is 14.8. The molecule has 26 heavy (non-hydrogen) atoms. The van der Waals surface area contributed by atoms with Crippen molar-refractivity contribution < 1.29 is 14.6 Å². The quantitative estimate of drug-likeness (QED) is 0.779. The van der Waals surface area contributed by atoms with Crippen LogP contribution in [0.15, 0.2) is 30.5 Å². The van der Waals surface area contributed by atoms with Gasteiger partial charge in [0.25, 0.3) is 0 Å². The molecule has 1 aromatic heterocycles. The summed E-state index contributed by atoms with van der Waals surface area (Å²) in [7, 11) is 0. The van der Waals surface area contributed by atoms with Gasteiger partial charge >= 0.3 is 0 Å². The third-order valence-corrected chi connectivity index (χ3v) is 5.74. The summed E-state index contributed by atoms with van der Waals surface area (Å²) >= 11 is 0. The van der Waals surface area contributed by atoms with Gasteiger partial charge in [0.05, 0.1) is 18.2 Å². The van der Waals surface area contributed by atoms with Crippen LogP contribution in [0.4, 0.5) is 0 Å². The summed E-state index contributed by atoms with van der Waals surface area (Å²) in [5.74, 6) is 1.09. The van der Waals surface area contributed by atoms with Gasteiger partial charge in [-0.05, 0) is 50.4 Å². The van der Waals surface area contributed by atoms with E-state index in [4.69, 9.17) is 4.74 Å². The fourth-order valence-electron chi connectivity index (χ4n) is 3.99. The molecule has 2 heterocycles. The molecular weight excluding hydrogens is 330 g/mol. The minimum Gasteiger partial charge on any atom is -0.507 e. The largest absolute Gasteiger partial charge is 0.507 e. The summed E-state index contributed by atoms with van der Waals surface area (Å²) in [5.41, 5.74) is 1.50. The normalized spacial score (nSPS) is 23.4. The minimum absolute atomic E-state index is 0.0394. The van der Waals surface area contributed by atoms with Crippen LogP contribution in [0.2, 0.25) is 0 Å². The zero-order chi connectivity index (χ0) is 17.9. The van der Waals surface area contributed by atoms with Crippen molar-refractivity contribution in [2.75, 3.05) is 19.7 Å². The van der Waals surface area contributed by atoms with Gasteiger partial charge in [-0.3, -0.25) is 9.48 Å². The van der Waals surface area contributed by atoms with E-state index in [0.717, 1.165) is 19.5 Å². The van der Waals surface area contributed by atoms with Crippen LogP contribution in [0, 0.1) is 5.92 Å². The third kappa shape index (κ3) is 3.21. The number of phenols is 1. The fourth-order valence-corrected chi connectivity index (χ4v) is 3.99. The molecule has 2 atom stereocenters. The first kappa shape index (κ1) is 17.1. The molecule has 1 aliphatic heterocycles. The molecule has 1 aliphatic carbocycles. The van der Waals surface area contributed by atoms with E-state index in [9.17, 15) is 9.90 Å². The van der Waals surface area contributed by atoms with Crippen LogP contribution in [0.1, 0.15) is 53.7 Å². The number of phenolic OH excluding ortho intramolecular Hbond substituents is 1. The number of aromatic nitrogens is 2. The van der Waals surface area contributed by atoms with Crippen LogP contribution >= 0.6 is 0 Å². The lowest BCUT2D eigenvalue weighted by Gasteiger charge is -2.35. The highest BCUT2D eigenvalue weighted by Crippen LogP contribution is 2.37. The highest BCUT2D eigenvalue weighted by Gasteiger charge is 2.32. The monoisotopic (exact) mass is 355 g/mol. The number of aromatic hydroxyl groups is 1. The van der Waals surface area contributed by atoms with Crippen LogP contribution in [0.25, 0.3) is 0 Å². The smallest absolute Gasteiger partial charge is 0.157 e. The van der Waals surface area contributed by atoms with E-state index in [-0.39, 0.29) is 11.3 Å². The molecule has 0 radical (unpaired) electrons. The maximum Gasteiger partial charge on any atom is 0.157 e. The summed E-state index contributed by atoms with van der Waals surface area (Å²) in [6.45, 7) is 2.39. The molecule has 2 N–H and O–H groups in total. The molecule has 1 aromatic carbocycles. The second-order valence-electron chi connectivity index (χ2n) is 7.26. The Morgan fingerprint density at radius 2 is 2.19 bits per heavy atom. The topological polar surface area (TPSA) is 76.4 Å². The first-order valence-corrected chi connectivity index (χ1v) is 9.42. The van der Waals surface area contributed by atoms with Gasteiger partial charge in [0.2, 0.25) is 0 Å². The minimum atomic E-state index is -0.0394. The van der Waals surface area contributed by atoms with E-state index in [2.05, 4.69) is 21.2 Å². The number of carbonyl (C=O) groups is 1. The first-order valence-electron chi connectivity index (χ1n) is 9.42. The summed E-state index contributed by atoms with van der Waals surface area (Å²) in [5, 5.41) is 17.9. The lowest BCUT2D eigenvalue weighted by molar-refractivity contribution is 0.111. The molecule has 1 saturated carbocycles. The van der Waals surface area contributed by atoms with Crippen molar-refractivity contribution in [1.29, 1.82) is 0 Å². The van der Waals surface area contributed by atoms with E-state index in [0.29, 0.717) is 36.5 Å². The van der Waals surface area contributed by atoms with Gasteiger partial charge < -0.3 is 15.2 Å². The SMILES string of the molecule is O=Cc1c(O)cccc1OCC1CCNCC1c1ccnn1C1CCC1. The zero-order valence-corrected chi connectivity index (χ0v) is 14.8. The number of benzene rings is 1. The van der Waals surface area contributed by atoms with Crippen molar-refractivity contribution in [3.05, 3.63) is 41.7 Å². The third-order valence-electron chi connectivity index (χ3n) is 5.74. The average Bonchev–Trinajstić information content (AvgIpc) is 3.07. The number of nitrogens with zero attached hydrogens (tertiary/aromatic N) is 2. The molecule has 2 fully saturated rings. The van der Waals surface area contributed by atoms with Gasteiger partial charge in [0, 0.05) is 30.3 Å². The van der Waals surface area contributed by atoms with Crippen LogP contribution in [0.5, 0.6) is 11.5 Å². The van der Waals surface area contributed by atoms with Gasteiger partial charge in [-0.25, -0.2) is 0 Å². The molecule has 1 saturated heterocycles. The number of hydrogen-bond acceptors (Lipinski definition) is 5.